The Kier molecular flexibility index (Phi) is 5.40. The minimum atomic E-state index is 0.0194. The van der Waals surface area contributed by atoms with Crippen molar-refractivity contribution in [3.8, 4) is 0 Å². The summed E-state index contributed by atoms with van der Waals surface area (Å²) in [5, 5.41) is 0.474. The van der Waals surface area contributed by atoms with Gasteiger partial charge in [0.2, 0.25) is 0 Å². The van der Waals surface area contributed by atoms with E-state index in [0.29, 0.717) is 15.8 Å². The molecule has 2 unspecified atom stereocenters. The van der Waals surface area contributed by atoms with Crippen LogP contribution >= 0.6 is 27.7 Å². The Morgan fingerprint density at radius 2 is 2.21 bits per heavy atom. The lowest BCUT2D eigenvalue weighted by Crippen LogP contribution is -2.06. The maximum absolute atomic E-state index is 11.3. The number of Topliss-reactive ketones (excluding diaryl/α,β-unsaturated/α-hetero) is 1. The van der Waals surface area contributed by atoms with Crippen molar-refractivity contribution in [3.05, 3.63) is 53.9 Å². The highest BCUT2D eigenvalue weighted by Crippen LogP contribution is 2.26. The fourth-order valence-electron chi connectivity index (χ4n) is 1.82. The molecule has 2 nitrogen and oxygen atoms in total. The van der Waals surface area contributed by atoms with E-state index in [4.69, 9.17) is 0 Å². The van der Waals surface area contributed by atoms with E-state index in [1.807, 2.05) is 23.9 Å². The van der Waals surface area contributed by atoms with Crippen LogP contribution in [-0.2, 0) is 5.75 Å². The van der Waals surface area contributed by atoms with Gasteiger partial charge in [-0.1, -0.05) is 46.3 Å². The van der Waals surface area contributed by atoms with Gasteiger partial charge in [-0.3, -0.25) is 4.79 Å². The molecule has 1 aliphatic carbocycles. The molecular formula is C15H16BrNOS. The number of pyridine rings is 1. The number of hydrogen-bond acceptors (Lipinski definition) is 3. The first-order valence-electron chi connectivity index (χ1n) is 6.22. The monoisotopic (exact) mass is 337 g/mol. The molecular weight excluding hydrogens is 322 g/mol. The highest BCUT2D eigenvalue weighted by molar-refractivity contribution is 9.09. The first-order valence-corrected chi connectivity index (χ1v) is 8.19. The maximum atomic E-state index is 11.3. The van der Waals surface area contributed by atoms with Gasteiger partial charge in [0.15, 0.2) is 5.78 Å². The van der Waals surface area contributed by atoms with Crippen LogP contribution in [-0.4, -0.2) is 20.8 Å². The average molecular weight is 338 g/mol. The Balaban J connectivity index is 1.95. The van der Waals surface area contributed by atoms with Gasteiger partial charge in [-0.05, 0) is 18.6 Å². The van der Waals surface area contributed by atoms with E-state index >= 15 is 0 Å². The lowest BCUT2D eigenvalue weighted by Gasteiger charge is -2.13. The van der Waals surface area contributed by atoms with E-state index < -0.39 is 0 Å². The Hall–Kier alpha value is -0.870. The van der Waals surface area contributed by atoms with Crippen molar-refractivity contribution in [2.24, 2.45) is 0 Å². The molecule has 0 fully saturated rings. The average Bonchev–Trinajstić information content (AvgIpc) is 2.61. The van der Waals surface area contributed by atoms with E-state index in [9.17, 15) is 4.79 Å². The maximum Gasteiger partial charge on any atom is 0.178 e. The Labute approximate surface area is 126 Å². The van der Waals surface area contributed by atoms with Crippen molar-refractivity contribution in [1.82, 2.24) is 4.98 Å². The third-order valence-corrected chi connectivity index (χ3v) is 4.75. The van der Waals surface area contributed by atoms with E-state index in [1.165, 1.54) is 0 Å². The van der Waals surface area contributed by atoms with Crippen LogP contribution in [0.2, 0.25) is 0 Å². The summed E-state index contributed by atoms with van der Waals surface area (Å²) in [5.41, 5.74) is 1.52. The van der Waals surface area contributed by atoms with Crippen LogP contribution in [0.4, 0.5) is 0 Å². The highest BCUT2D eigenvalue weighted by atomic mass is 79.9. The second-order valence-electron chi connectivity index (χ2n) is 4.44. The van der Waals surface area contributed by atoms with Crippen molar-refractivity contribution in [3.63, 3.8) is 0 Å². The van der Waals surface area contributed by atoms with Crippen molar-refractivity contribution >= 4 is 33.5 Å². The van der Waals surface area contributed by atoms with Crippen LogP contribution < -0.4 is 0 Å². The van der Waals surface area contributed by atoms with Crippen LogP contribution in [0.3, 0.4) is 0 Å². The van der Waals surface area contributed by atoms with Crippen molar-refractivity contribution in [2.45, 2.75) is 29.2 Å². The predicted molar refractivity (Wildman–Crippen MR) is 84.9 cm³/mol. The van der Waals surface area contributed by atoms with Gasteiger partial charge >= 0.3 is 0 Å². The number of thioether (sulfide) groups is 1. The van der Waals surface area contributed by atoms with Gasteiger partial charge in [0.25, 0.3) is 0 Å². The number of aromatic nitrogens is 1. The summed E-state index contributed by atoms with van der Waals surface area (Å²) in [6.07, 6.45) is 9.62. The molecule has 2 rings (SSSR count). The minimum absolute atomic E-state index is 0.0194. The van der Waals surface area contributed by atoms with E-state index in [0.717, 1.165) is 17.9 Å². The smallest absolute Gasteiger partial charge is 0.178 e. The summed E-state index contributed by atoms with van der Waals surface area (Å²) in [6, 6.07) is 5.64. The van der Waals surface area contributed by atoms with Gasteiger partial charge in [-0.25, -0.2) is 4.98 Å². The van der Waals surface area contributed by atoms with Gasteiger partial charge in [-0.2, -0.15) is 0 Å². The van der Waals surface area contributed by atoms with Crippen LogP contribution in [0.25, 0.3) is 0 Å². The molecule has 0 aliphatic heterocycles. The van der Waals surface area contributed by atoms with E-state index in [2.05, 4.69) is 45.2 Å². The standard InChI is InChI=1S/C15H16BrNOS/c1-11(18)15-8-4-6-13(17-15)10-19-14-7-3-2-5-12(16)9-14/h2-8,12,14H,9-10H2,1H3. The number of hydrogen-bond donors (Lipinski definition) is 0. The van der Waals surface area contributed by atoms with Crippen molar-refractivity contribution < 1.29 is 4.79 Å². The Morgan fingerprint density at radius 3 is 3.00 bits per heavy atom. The molecule has 0 amide bonds. The van der Waals surface area contributed by atoms with Gasteiger partial charge in [0.05, 0.1) is 5.69 Å². The summed E-state index contributed by atoms with van der Waals surface area (Å²) in [6.45, 7) is 1.55. The molecule has 0 N–H and O–H groups in total. The topological polar surface area (TPSA) is 30.0 Å². The lowest BCUT2D eigenvalue weighted by molar-refractivity contribution is 0.101. The fourth-order valence-corrected chi connectivity index (χ4v) is 3.74. The third kappa shape index (κ3) is 4.62. The number of carbonyl (C=O) groups is 1. The Bertz CT molecular complexity index is 513. The molecule has 0 aromatic carbocycles. The summed E-state index contributed by atoms with van der Waals surface area (Å²) in [7, 11) is 0. The second-order valence-corrected chi connectivity index (χ2v) is 6.84. The number of nitrogens with zero attached hydrogens (tertiary/aromatic N) is 1. The molecule has 2 atom stereocenters. The first kappa shape index (κ1) is 14.5. The van der Waals surface area contributed by atoms with Gasteiger partial charge < -0.3 is 0 Å². The quantitative estimate of drug-likeness (QED) is 0.610. The molecule has 4 heteroatoms. The molecule has 0 spiro atoms. The minimum Gasteiger partial charge on any atom is -0.293 e. The zero-order valence-electron chi connectivity index (χ0n) is 10.8. The number of halogens is 1. The normalized spacial score (nSPS) is 22.2. The molecule has 0 saturated carbocycles. The molecule has 1 heterocycles. The zero-order chi connectivity index (χ0) is 13.7. The second kappa shape index (κ2) is 7.06. The van der Waals surface area contributed by atoms with Gasteiger partial charge in [0.1, 0.15) is 5.69 Å². The largest absolute Gasteiger partial charge is 0.293 e. The lowest BCUT2D eigenvalue weighted by atomic mass is 10.2. The molecule has 1 aromatic rings. The first-order chi connectivity index (χ1) is 9.15. The Morgan fingerprint density at radius 1 is 1.42 bits per heavy atom. The van der Waals surface area contributed by atoms with Crippen LogP contribution in [0, 0.1) is 0 Å². The molecule has 0 radical (unpaired) electrons. The zero-order valence-corrected chi connectivity index (χ0v) is 13.2. The number of rotatable bonds is 4. The third-order valence-electron chi connectivity index (χ3n) is 2.83. The molecule has 1 aliphatic rings. The number of ketones is 1. The highest BCUT2D eigenvalue weighted by Gasteiger charge is 2.13. The number of carbonyl (C=O) groups excluding carboxylic acids is 1. The van der Waals surface area contributed by atoms with Crippen molar-refractivity contribution in [2.75, 3.05) is 0 Å². The summed E-state index contributed by atoms with van der Waals surface area (Å²) in [5.74, 6) is 0.849. The molecule has 0 bridgehead atoms. The van der Waals surface area contributed by atoms with Gasteiger partial charge in [-0.15, -0.1) is 11.8 Å². The van der Waals surface area contributed by atoms with Crippen LogP contribution in [0.15, 0.2) is 42.5 Å². The SMILES string of the molecule is CC(=O)c1cccc(CSC2C=CC=CC(Br)C2)n1. The summed E-state index contributed by atoms with van der Waals surface area (Å²) in [4.78, 5) is 16.1. The molecule has 100 valence electrons. The molecule has 19 heavy (non-hydrogen) atoms. The summed E-state index contributed by atoms with van der Waals surface area (Å²) < 4.78 is 0. The summed E-state index contributed by atoms with van der Waals surface area (Å²) >= 11 is 5.49. The number of allylic oxidation sites excluding steroid dienone is 3. The number of alkyl halides is 1. The van der Waals surface area contributed by atoms with Crippen LogP contribution in [0.1, 0.15) is 29.5 Å². The fraction of sp³-hybridized carbons (Fsp3) is 0.333. The van der Waals surface area contributed by atoms with Crippen LogP contribution in [0.5, 0.6) is 0 Å². The van der Waals surface area contributed by atoms with E-state index in [-0.39, 0.29) is 5.78 Å². The molecule has 1 aromatic heterocycles. The van der Waals surface area contributed by atoms with Gasteiger partial charge in [0, 0.05) is 22.8 Å². The van der Waals surface area contributed by atoms with Crippen molar-refractivity contribution in [1.29, 1.82) is 0 Å². The molecule has 0 saturated heterocycles. The van der Waals surface area contributed by atoms with E-state index in [1.54, 1.807) is 13.0 Å². The predicted octanol–water partition coefficient (Wildman–Crippen LogP) is 4.17.